The number of fused-ring (bicyclic) bond motifs is 1. The first kappa shape index (κ1) is 18.9. The predicted octanol–water partition coefficient (Wildman–Crippen LogP) is 1.77. The molecule has 2 aliphatic heterocycles. The standard InChI is InChI=1S/C22H23N5O3/c28-21(18-5-1-3-17-4-2-6-25-20(17)18)27-10-12-30-22(15-27)14-26(9-11-29-16-22)19-13-23-7-8-24-19/h1-8,13H,9-12,14-16H2. The van der Waals surface area contributed by atoms with Crippen molar-refractivity contribution >= 4 is 22.6 Å². The number of benzene rings is 1. The van der Waals surface area contributed by atoms with Crippen LogP contribution in [0.5, 0.6) is 0 Å². The number of hydrogen-bond donors (Lipinski definition) is 0. The van der Waals surface area contributed by atoms with E-state index in [1.165, 1.54) is 0 Å². The number of carbonyl (C=O) groups excluding carboxylic acids is 1. The topological polar surface area (TPSA) is 80.7 Å². The van der Waals surface area contributed by atoms with Crippen molar-refractivity contribution in [2.45, 2.75) is 5.60 Å². The molecule has 0 aliphatic carbocycles. The molecule has 3 aromatic rings. The fourth-order valence-corrected chi connectivity index (χ4v) is 4.20. The van der Waals surface area contributed by atoms with E-state index in [2.05, 4.69) is 19.9 Å². The van der Waals surface area contributed by atoms with Crippen molar-refractivity contribution in [3.8, 4) is 0 Å². The van der Waals surface area contributed by atoms with Gasteiger partial charge in [-0.05, 0) is 12.1 Å². The third-order valence-electron chi connectivity index (χ3n) is 5.62. The summed E-state index contributed by atoms with van der Waals surface area (Å²) in [6.07, 6.45) is 6.80. The first-order valence-electron chi connectivity index (χ1n) is 10.1. The third kappa shape index (κ3) is 3.59. The van der Waals surface area contributed by atoms with Gasteiger partial charge in [0.05, 0.1) is 50.2 Å². The molecule has 2 aliphatic rings. The van der Waals surface area contributed by atoms with Crippen LogP contribution < -0.4 is 4.90 Å². The van der Waals surface area contributed by atoms with Crippen molar-refractivity contribution in [1.29, 1.82) is 0 Å². The summed E-state index contributed by atoms with van der Waals surface area (Å²) in [5.74, 6) is 0.755. The van der Waals surface area contributed by atoms with Crippen LogP contribution in [0.15, 0.2) is 55.1 Å². The third-order valence-corrected chi connectivity index (χ3v) is 5.62. The minimum Gasteiger partial charge on any atom is -0.376 e. The fourth-order valence-electron chi connectivity index (χ4n) is 4.20. The molecule has 4 heterocycles. The summed E-state index contributed by atoms with van der Waals surface area (Å²) >= 11 is 0. The first-order chi connectivity index (χ1) is 14.7. The fraction of sp³-hybridized carbons (Fsp3) is 0.364. The lowest BCUT2D eigenvalue weighted by Crippen LogP contribution is -2.60. The van der Waals surface area contributed by atoms with E-state index in [0.717, 1.165) is 16.7 Å². The second kappa shape index (κ2) is 7.97. The van der Waals surface area contributed by atoms with Gasteiger partial charge in [0.25, 0.3) is 5.91 Å². The number of carbonyl (C=O) groups is 1. The highest BCUT2D eigenvalue weighted by molar-refractivity contribution is 6.05. The highest BCUT2D eigenvalue weighted by Crippen LogP contribution is 2.27. The van der Waals surface area contributed by atoms with Crippen molar-refractivity contribution in [3.63, 3.8) is 0 Å². The summed E-state index contributed by atoms with van der Waals surface area (Å²) in [5.41, 5.74) is 0.731. The van der Waals surface area contributed by atoms with Gasteiger partial charge in [-0.25, -0.2) is 4.98 Å². The number of aromatic nitrogens is 3. The zero-order valence-electron chi connectivity index (χ0n) is 16.6. The van der Waals surface area contributed by atoms with Gasteiger partial charge >= 0.3 is 0 Å². The summed E-state index contributed by atoms with van der Waals surface area (Å²) in [6.45, 7) is 3.74. The van der Waals surface area contributed by atoms with E-state index in [1.54, 1.807) is 24.8 Å². The predicted molar refractivity (Wildman–Crippen MR) is 111 cm³/mol. The van der Waals surface area contributed by atoms with E-state index in [4.69, 9.17) is 9.47 Å². The number of nitrogens with zero attached hydrogens (tertiary/aromatic N) is 5. The Labute approximate surface area is 174 Å². The van der Waals surface area contributed by atoms with Gasteiger partial charge in [-0.15, -0.1) is 0 Å². The maximum atomic E-state index is 13.4. The maximum Gasteiger partial charge on any atom is 0.256 e. The first-order valence-corrected chi connectivity index (χ1v) is 10.1. The van der Waals surface area contributed by atoms with E-state index >= 15 is 0 Å². The molecule has 1 atom stereocenters. The van der Waals surface area contributed by atoms with E-state index in [-0.39, 0.29) is 5.91 Å². The molecule has 1 unspecified atom stereocenters. The molecular weight excluding hydrogens is 382 g/mol. The van der Waals surface area contributed by atoms with Gasteiger partial charge in [0.2, 0.25) is 0 Å². The van der Waals surface area contributed by atoms with E-state index < -0.39 is 5.60 Å². The second-order valence-electron chi connectivity index (χ2n) is 7.68. The summed E-state index contributed by atoms with van der Waals surface area (Å²) in [5, 5.41) is 0.956. The molecule has 0 bridgehead atoms. The maximum absolute atomic E-state index is 13.4. The minimum atomic E-state index is -0.611. The van der Waals surface area contributed by atoms with Crippen molar-refractivity contribution in [2.24, 2.45) is 0 Å². The zero-order chi connectivity index (χ0) is 20.4. The van der Waals surface area contributed by atoms with Crippen LogP contribution in [0.4, 0.5) is 5.82 Å². The van der Waals surface area contributed by atoms with Crippen LogP contribution in [0.25, 0.3) is 10.9 Å². The van der Waals surface area contributed by atoms with Crippen LogP contribution in [0, 0.1) is 0 Å². The molecule has 1 spiro atoms. The molecule has 2 aromatic heterocycles. The van der Waals surface area contributed by atoms with Crippen LogP contribution in [0.3, 0.4) is 0 Å². The Kier molecular flexibility index (Phi) is 5.02. The van der Waals surface area contributed by atoms with Crippen LogP contribution in [-0.4, -0.2) is 77.4 Å². The average Bonchev–Trinajstić information content (AvgIpc) is 3.01. The summed E-state index contributed by atoms with van der Waals surface area (Å²) in [4.78, 5) is 30.4. The number of hydrogen-bond acceptors (Lipinski definition) is 7. The van der Waals surface area contributed by atoms with Gasteiger partial charge in [0, 0.05) is 37.1 Å². The molecule has 0 N–H and O–H groups in total. The SMILES string of the molecule is O=C(c1cccc2cccnc12)N1CCOC2(COCCN(c3cnccn3)C2)C1. The minimum absolute atomic E-state index is 0.0303. The van der Waals surface area contributed by atoms with Crippen LogP contribution in [-0.2, 0) is 9.47 Å². The summed E-state index contributed by atoms with van der Waals surface area (Å²) in [6, 6.07) is 9.56. The average molecular weight is 405 g/mol. The lowest BCUT2D eigenvalue weighted by Gasteiger charge is -2.43. The van der Waals surface area contributed by atoms with Crippen molar-refractivity contribution in [1.82, 2.24) is 19.9 Å². The van der Waals surface area contributed by atoms with Gasteiger partial charge in [-0.1, -0.05) is 18.2 Å². The molecule has 1 amide bonds. The number of amides is 1. The van der Waals surface area contributed by atoms with E-state index in [9.17, 15) is 4.79 Å². The molecule has 30 heavy (non-hydrogen) atoms. The largest absolute Gasteiger partial charge is 0.376 e. The molecular formula is C22H23N5O3. The molecule has 2 fully saturated rings. The summed E-state index contributed by atoms with van der Waals surface area (Å²) < 4.78 is 12.1. The second-order valence-corrected chi connectivity index (χ2v) is 7.68. The van der Waals surface area contributed by atoms with Gasteiger partial charge in [0.15, 0.2) is 0 Å². The van der Waals surface area contributed by atoms with Crippen molar-refractivity contribution < 1.29 is 14.3 Å². The van der Waals surface area contributed by atoms with E-state index in [1.807, 2.05) is 35.2 Å². The number of anilines is 1. The highest BCUT2D eigenvalue weighted by Gasteiger charge is 2.42. The van der Waals surface area contributed by atoms with Gasteiger partial charge in [0.1, 0.15) is 11.4 Å². The number of ether oxygens (including phenoxy) is 2. The van der Waals surface area contributed by atoms with Gasteiger partial charge in [-0.2, -0.15) is 0 Å². The Morgan fingerprint density at radius 1 is 1.00 bits per heavy atom. The Hall–Kier alpha value is -3.10. The monoisotopic (exact) mass is 405 g/mol. The number of pyridine rings is 1. The normalized spacial score (nSPS) is 22.3. The Bertz CT molecular complexity index is 1040. The molecule has 0 saturated carbocycles. The highest BCUT2D eigenvalue weighted by atomic mass is 16.5. The number of rotatable bonds is 2. The summed E-state index contributed by atoms with van der Waals surface area (Å²) in [7, 11) is 0. The van der Waals surface area contributed by atoms with Crippen molar-refractivity contribution in [3.05, 3.63) is 60.7 Å². The molecule has 5 rings (SSSR count). The smallest absolute Gasteiger partial charge is 0.256 e. The Morgan fingerprint density at radius 3 is 2.83 bits per heavy atom. The van der Waals surface area contributed by atoms with Gasteiger partial charge < -0.3 is 19.3 Å². The molecule has 154 valence electrons. The number of para-hydroxylation sites is 1. The lowest BCUT2D eigenvalue weighted by molar-refractivity contribution is -0.124. The van der Waals surface area contributed by atoms with Crippen LogP contribution >= 0.6 is 0 Å². The van der Waals surface area contributed by atoms with Crippen molar-refractivity contribution in [2.75, 3.05) is 50.9 Å². The molecule has 1 aromatic carbocycles. The zero-order valence-corrected chi connectivity index (χ0v) is 16.6. The Balaban J connectivity index is 1.41. The quantitative estimate of drug-likeness (QED) is 0.643. The Morgan fingerprint density at radius 2 is 1.93 bits per heavy atom. The van der Waals surface area contributed by atoms with E-state index in [0.29, 0.717) is 51.6 Å². The molecule has 0 radical (unpaired) electrons. The van der Waals surface area contributed by atoms with Gasteiger partial charge in [-0.3, -0.25) is 14.8 Å². The van der Waals surface area contributed by atoms with Crippen LogP contribution in [0.1, 0.15) is 10.4 Å². The number of morpholine rings is 1. The molecule has 8 heteroatoms. The van der Waals surface area contributed by atoms with Crippen LogP contribution in [0.2, 0.25) is 0 Å². The molecule has 8 nitrogen and oxygen atoms in total. The molecule has 2 saturated heterocycles. The lowest BCUT2D eigenvalue weighted by atomic mass is 10.0.